The molecule has 0 aliphatic carbocycles. The van der Waals surface area contributed by atoms with E-state index in [1.165, 1.54) is 0 Å². The molecule has 0 saturated heterocycles. The number of rotatable bonds is 7. The van der Waals surface area contributed by atoms with Crippen LogP contribution in [0.5, 0.6) is 11.5 Å². The van der Waals surface area contributed by atoms with Gasteiger partial charge in [0.15, 0.2) is 11.5 Å². The van der Waals surface area contributed by atoms with E-state index in [1.54, 1.807) is 14.2 Å². The Labute approximate surface area is 109 Å². The second kappa shape index (κ2) is 6.50. The first kappa shape index (κ1) is 14.6. The molecule has 1 rings (SSSR count). The van der Waals surface area contributed by atoms with Crippen molar-refractivity contribution >= 4 is 5.69 Å². The molecule has 4 heteroatoms. The molecule has 0 bridgehead atoms. The highest BCUT2D eigenvalue weighted by molar-refractivity contribution is 5.54. The molecule has 3 N–H and O–H groups in total. The fourth-order valence-corrected chi connectivity index (χ4v) is 1.59. The highest BCUT2D eigenvalue weighted by Gasteiger charge is 2.14. The lowest BCUT2D eigenvalue weighted by atomic mass is 9.90. The van der Waals surface area contributed by atoms with Crippen molar-refractivity contribution in [3.05, 3.63) is 18.2 Å². The largest absolute Gasteiger partial charge is 0.493 e. The summed E-state index contributed by atoms with van der Waals surface area (Å²) in [7, 11) is 3.27. The molecule has 1 aromatic rings. The van der Waals surface area contributed by atoms with Gasteiger partial charge in [0, 0.05) is 18.3 Å². The maximum Gasteiger partial charge on any atom is 0.162 e. The lowest BCUT2D eigenvalue weighted by Crippen LogP contribution is -2.26. The number of hydrogen-bond donors (Lipinski definition) is 2. The zero-order chi connectivity index (χ0) is 13.6. The van der Waals surface area contributed by atoms with Crippen LogP contribution in [-0.4, -0.2) is 27.3 Å². The van der Waals surface area contributed by atoms with Crippen LogP contribution in [-0.2, 0) is 0 Å². The van der Waals surface area contributed by atoms with Crippen LogP contribution >= 0.6 is 0 Å². The van der Waals surface area contributed by atoms with Crippen molar-refractivity contribution in [2.75, 3.05) is 32.6 Å². The van der Waals surface area contributed by atoms with Gasteiger partial charge >= 0.3 is 0 Å². The van der Waals surface area contributed by atoms with Crippen molar-refractivity contribution in [1.82, 2.24) is 0 Å². The molecule has 0 atom stereocenters. The van der Waals surface area contributed by atoms with Crippen LogP contribution in [0.3, 0.4) is 0 Å². The van der Waals surface area contributed by atoms with Crippen molar-refractivity contribution in [3.8, 4) is 11.5 Å². The van der Waals surface area contributed by atoms with Crippen molar-refractivity contribution in [2.45, 2.75) is 20.3 Å². The van der Waals surface area contributed by atoms with Crippen LogP contribution in [0, 0.1) is 5.41 Å². The number of nitrogens with two attached hydrogens (primary N) is 1. The standard InChI is InChI=1S/C14H24N2O2/c1-14(2,10-15)7-8-16-11-5-6-12(17-3)13(9-11)18-4/h5-6,9,16H,7-8,10,15H2,1-4H3. The topological polar surface area (TPSA) is 56.5 Å². The summed E-state index contributed by atoms with van der Waals surface area (Å²) < 4.78 is 10.5. The molecule has 1 aromatic carbocycles. The summed E-state index contributed by atoms with van der Waals surface area (Å²) in [6.07, 6.45) is 1.03. The third kappa shape index (κ3) is 4.11. The Balaban J connectivity index is 2.58. The predicted molar refractivity (Wildman–Crippen MR) is 75.5 cm³/mol. The van der Waals surface area contributed by atoms with Crippen molar-refractivity contribution in [2.24, 2.45) is 11.1 Å². The van der Waals surface area contributed by atoms with Crippen molar-refractivity contribution in [1.29, 1.82) is 0 Å². The molecule has 0 heterocycles. The molecule has 0 aliphatic heterocycles. The van der Waals surface area contributed by atoms with E-state index in [1.807, 2.05) is 18.2 Å². The maximum atomic E-state index is 5.70. The maximum absolute atomic E-state index is 5.70. The van der Waals surface area contributed by atoms with Gasteiger partial charge in [-0.05, 0) is 30.5 Å². The van der Waals surface area contributed by atoms with Gasteiger partial charge in [-0.1, -0.05) is 13.8 Å². The van der Waals surface area contributed by atoms with Crippen molar-refractivity contribution in [3.63, 3.8) is 0 Å². The van der Waals surface area contributed by atoms with Crippen LogP contribution in [0.4, 0.5) is 5.69 Å². The number of anilines is 1. The van der Waals surface area contributed by atoms with Gasteiger partial charge in [0.25, 0.3) is 0 Å². The number of methoxy groups -OCH3 is 2. The van der Waals surface area contributed by atoms with Gasteiger partial charge in [0.05, 0.1) is 14.2 Å². The molecular formula is C14H24N2O2. The lowest BCUT2D eigenvalue weighted by Gasteiger charge is -2.22. The average molecular weight is 252 g/mol. The summed E-state index contributed by atoms with van der Waals surface area (Å²) in [4.78, 5) is 0. The monoisotopic (exact) mass is 252 g/mol. The zero-order valence-corrected chi connectivity index (χ0v) is 11.7. The van der Waals surface area contributed by atoms with E-state index >= 15 is 0 Å². The Bertz CT molecular complexity index is 378. The Morgan fingerprint density at radius 3 is 2.39 bits per heavy atom. The second-order valence-corrected chi connectivity index (χ2v) is 5.11. The van der Waals surface area contributed by atoms with Gasteiger partial charge < -0.3 is 20.5 Å². The first-order chi connectivity index (χ1) is 8.52. The molecule has 102 valence electrons. The molecule has 0 amide bonds. The first-order valence-electron chi connectivity index (χ1n) is 6.18. The molecule has 0 unspecified atom stereocenters. The smallest absolute Gasteiger partial charge is 0.162 e. The van der Waals surface area contributed by atoms with E-state index in [-0.39, 0.29) is 5.41 Å². The highest BCUT2D eigenvalue weighted by Crippen LogP contribution is 2.30. The normalized spacial score (nSPS) is 11.2. The fraction of sp³-hybridized carbons (Fsp3) is 0.571. The first-order valence-corrected chi connectivity index (χ1v) is 6.18. The van der Waals surface area contributed by atoms with Gasteiger partial charge in [-0.2, -0.15) is 0 Å². The van der Waals surface area contributed by atoms with Crippen LogP contribution < -0.4 is 20.5 Å². The molecule has 0 radical (unpaired) electrons. The van der Waals surface area contributed by atoms with Crippen LogP contribution in [0.1, 0.15) is 20.3 Å². The summed E-state index contributed by atoms with van der Waals surface area (Å²) in [6, 6.07) is 5.82. The zero-order valence-electron chi connectivity index (χ0n) is 11.7. The van der Waals surface area contributed by atoms with Crippen LogP contribution in [0.25, 0.3) is 0 Å². The summed E-state index contributed by atoms with van der Waals surface area (Å²) in [5, 5.41) is 3.37. The summed E-state index contributed by atoms with van der Waals surface area (Å²) in [5.74, 6) is 1.48. The second-order valence-electron chi connectivity index (χ2n) is 5.11. The number of benzene rings is 1. The van der Waals surface area contributed by atoms with Crippen LogP contribution in [0.15, 0.2) is 18.2 Å². The molecule has 4 nitrogen and oxygen atoms in total. The number of ether oxygens (including phenoxy) is 2. The third-order valence-corrected chi connectivity index (χ3v) is 3.07. The Kier molecular flexibility index (Phi) is 5.28. The summed E-state index contributed by atoms with van der Waals surface area (Å²) in [6.45, 7) is 5.92. The van der Waals surface area contributed by atoms with Crippen LogP contribution in [0.2, 0.25) is 0 Å². The van der Waals surface area contributed by atoms with Gasteiger partial charge in [0.1, 0.15) is 0 Å². The van der Waals surface area contributed by atoms with E-state index in [2.05, 4.69) is 19.2 Å². The fourth-order valence-electron chi connectivity index (χ4n) is 1.59. The molecule has 0 fully saturated rings. The molecule has 18 heavy (non-hydrogen) atoms. The van der Waals surface area contributed by atoms with Gasteiger partial charge in [-0.3, -0.25) is 0 Å². The van der Waals surface area contributed by atoms with Crippen molar-refractivity contribution < 1.29 is 9.47 Å². The van der Waals surface area contributed by atoms with E-state index < -0.39 is 0 Å². The van der Waals surface area contributed by atoms with E-state index in [9.17, 15) is 0 Å². The van der Waals surface area contributed by atoms with E-state index in [0.29, 0.717) is 6.54 Å². The Morgan fingerprint density at radius 1 is 1.17 bits per heavy atom. The van der Waals surface area contributed by atoms with Gasteiger partial charge in [0.2, 0.25) is 0 Å². The average Bonchev–Trinajstić information content (AvgIpc) is 2.38. The molecule has 0 saturated carbocycles. The Hall–Kier alpha value is -1.42. The number of hydrogen-bond acceptors (Lipinski definition) is 4. The quantitative estimate of drug-likeness (QED) is 0.783. The molecular weight excluding hydrogens is 228 g/mol. The lowest BCUT2D eigenvalue weighted by molar-refractivity contribution is 0.354. The van der Waals surface area contributed by atoms with E-state index in [0.717, 1.165) is 30.2 Å². The molecule has 0 aromatic heterocycles. The summed E-state index contributed by atoms with van der Waals surface area (Å²) in [5.41, 5.74) is 6.90. The number of nitrogens with one attached hydrogen (secondary N) is 1. The SMILES string of the molecule is COc1ccc(NCCC(C)(C)CN)cc1OC. The minimum absolute atomic E-state index is 0.170. The predicted octanol–water partition coefficient (Wildman–Crippen LogP) is 2.49. The minimum atomic E-state index is 0.170. The van der Waals surface area contributed by atoms with Gasteiger partial charge in [-0.25, -0.2) is 0 Å². The minimum Gasteiger partial charge on any atom is -0.493 e. The van der Waals surface area contributed by atoms with E-state index in [4.69, 9.17) is 15.2 Å². The third-order valence-electron chi connectivity index (χ3n) is 3.07. The summed E-state index contributed by atoms with van der Waals surface area (Å²) >= 11 is 0. The molecule has 0 aliphatic rings. The Morgan fingerprint density at radius 2 is 1.83 bits per heavy atom. The van der Waals surface area contributed by atoms with Gasteiger partial charge in [-0.15, -0.1) is 0 Å². The molecule has 0 spiro atoms. The highest BCUT2D eigenvalue weighted by atomic mass is 16.5.